The van der Waals surface area contributed by atoms with E-state index in [2.05, 4.69) is 11.6 Å². The van der Waals surface area contributed by atoms with Crippen molar-refractivity contribution in [3.05, 3.63) is 90.0 Å². The van der Waals surface area contributed by atoms with E-state index in [0.717, 1.165) is 6.07 Å². The minimum Gasteiger partial charge on any atom is -0.314 e. The predicted molar refractivity (Wildman–Crippen MR) is 98.2 cm³/mol. The van der Waals surface area contributed by atoms with Gasteiger partial charge in [-0.15, -0.1) is 0 Å². The van der Waals surface area contributed by atoms with Crippen molar-refractivity contribution in [2.24, 2.45) is 0 Å². The first-order valence-electron chi connectivity index (χ1n) is 7.73. The fourth-order valence-corrected chi connectivity index (χ4v) is 3.42. The van der Waals surface area contributed by atoms with E-state index in [0.29, 0.717) is 0 Å². The Bertz CT molecular complexity index is 1150. The number of rotatable bonds is 2. The number of ketones is 2. The van der Waals surface area contributed by atoms with Gasteiger partial charge in [-0.3, -0.25) is 14.1 Å². The lowest BCUT2D eigenvalue weighted by molar-refractivity contribution is 0.0976. The monoisotopic (exact) mass is 382 g/mol. The molecule has 136 valence electrons. The summed E-state index contributed by atoms with van der Waals surface area (Å²) in [7, 11) is -4.58. The molecule has 1 aliphatic carbocycles. The maximum Gasteiger partial charge on any atom is 0.295 e. The summed E-state index contributed by atoms with van der Waals surface area (Å²) in [4.78, 5) is 27.9. The molecule has 0 unspecified atom stereocenters. The van der Waals surface area contributed by atoms with Crippen LogP contribution in [-0.4, -0.2) is 34.1 Å². The summed E-state index contributed by atoms with van der Waals surface area (Å²) in [6, 6.07) is 9.99. The molecule has 0 spiro atoms. The third kappa shape index (κ3) is 3.48. The molecular formula is C19H14N2O5S. The Kier molecular flexibility index (Phi) is 4.85. The molecule has 0 fully saturated rings. The van der Waals surface area contributed by atoms with Gasteiger partial charge in [0.1, 0.15) is 4.90 Å². The van der Waals surface area contributed by atoms with E-state index in [9.17, 15) is 22.6 Å². The van der Waals surface area contributed by atoms with Crippen molar-refractivity contribution in [1.29, 1.82) is 0 Å². The molecule has 0 amide bonds. The summed E-state index contributed by atoms with van der Waals surface area (Å²) in [5.41, 5.74) is 0.0983. The van der Waals surface area contributed by atoms with Gasteiger partial charge < -0.3 is 4.57 Å². The SMILES string of the molecule is C=Cn1ccnc1.O=C1c2ccccc2C(=O)c2c1cccc2S(=O)(=O)O. The Labute approximate surface area is 155 Å². The molecule has 4 rings (SSSR count). The Hall–Kier alpha value is -3.36. The van der Waals surface area contributed by atoms with Crippen molar-refractivity contribution in [3.8, 4) is 0 Å². The van der Waals surface area contributed by atoms with Crippen molar-refractivity contribution in [2.45, 2.75) is 4.90 Å². The molecule has 27 heavy (non-hydrogen) atoms. The largest absolute Gasteiger partial charge is 0.314 e. The molecule has 8 heteroatoms. The van der Waals surface area contributed by atoms with Gasteiger partial charge in [0.05, 0.1) is 11.9 Å². The van der Waals surface area contributed by atoms with Crippen molar-refractivity contribution in [3.63, 3.8) is 0 Å². The van der Waals surface area contributed by atoms with Gasteiger partial charge in [0.15, 0.2) is 11.6 Å². The van der Waals surface area contributed by atoms with Crippen LogP contribution in [0.1, 0.15) is 31.8 Å². The molecule has 0 atom stereocenters. The smallest absolute Gasteiger partial charge is 0.295 e. The van der Waals surface area contributed by atoms with Gasteiger partial charge >= 0.3 is 0 Å². The first-order chi connectivity index (χ1) is 12.8. The van der Waals surface area contributed by atoms with Crippen LogP contribution in [0, 0.1) is 0 Å². The van der Waals surface area contributed by atoms with Crippen LogP contribution < -0.4 is 0 Å². The highest BCUT2D eigenvalue weighted by Gasteiger charge is 2.33. The first kappa shape index (κ1) is 18.4. The second-order valence-electron chi connectivity index (χ2n) is 5.55. The maximum absolute atomic E-state index is 12.4. The third-order valence-electron chi connectivity index (χ3n) is 3.93. The molecule has 0 aliphatic heterocycles. The van der Waals surface area contributed by atoms with Crippen molar-refractivity contribution in [2.75, 3.05) is 0 Å². The molecule has 3 aromatic rings. The number of aromatic nitrogens is 2. The van der Waals surface area contributed by atoms with Crippen LogP contribution in [0.5, 0.6) is 0 Å². The van der Waals surface area contributed by atoms with Gasteiger partial charge in [-0.25, -0.2) is 4.98 Å². The number of benzene rings is 2. The fourth-order valence-electron chi connectivity index (χ4n) is 2.71. The summed E-state index contributed by atoms with van der Waals surface area (Å²) in [6.07, 6.45) is 6.91. The van der Waals surface area contributed by atoms with E-state index in [4.69, 9.17) is 0 Å². The summed E-state index contributed by atoms with van der Waals surface area (Å²) < 4.78 is 33.7. The lowest BCUT2D eigenvalue weighted by atomic mass is 9.84. The van der Waals surface area contributed by atoms with Crippen LogP contribution in [0.3, 0.4) is 0 Å². The Balaban J connectivity index is 0.000000253. The fraction of sp³-hybridized carbons (Fsp3) is 0. The van der Waals surface area contributed by atoms with Crippen LogP contribution in [0.15, 0.2) is 72.7 Å². The summed E-state index contributed by atoms with van der Waals surface area (Å²) in [5.74, 6) is -1.01. The lowest BCUT2D eigenvalue weighted by Crippen LogP contribution is -2.23. The van der Waals surface area contributed by atoms with Crippen LogP contribution in [0.4, 0.5) is 0 Å². The van der Waals surface area contributed by atoms with E-state index < -0.39 is 26.6 Å². The number of carbonyl (C=O) groups is 2. The van der Waals surface area contributed by atoms with Crippen LogP contribution in [-0.2, 0) is 10.1 Å². The molecule has 2 aromatic carbocycles. The second kappa shape index (κ2) is 7.10. The molecule has 1 aliphatic rings. The number of fused-ring (bicyclic) bond motifs is 2. The molecule has 0 saturated heterocycles. The minimum absolute atomic E-state index is 0.0103. The molecular weight excluding hydrogens is 368 g/mol. The zero-order valence-electron chi connectivity index (χ0n) is 13.9. The predicted octanol–water partition coefficient (Wildman–Crippen LogP) is 2.69. The molecule has 0 saturated carbocycles. The van der Waals surface area contributed by atoms with Gasteiger partial charge in [0, 0.05) is 35.3 Å². The van der Waals surface area contributed by atoms with E-state index in [-0.39, 0.29) is 22.3 Å². The van der Waals surface area contributed by atoms with Gasteiger partial charge in [-0.05, 0) is 6.07 Å². The average molecular weight is 382 g/mol. The summed E-state index contributed by atoms with van der Waals surface area (Å²) in [6.45, 7) is 3.53. The van der Waals surface area contributed by atoms with Crippen LogP contribution in [0.25, 0.3) is 6.20 Å². The molecule has 1 N–H and O–H groups in total. The van der Waals surface area contributed by atoms with E-state index >= 15 is 0 Å². The molecule has 0 bridgehead atoms. The van der Waals surface area contributed by atoms with E-state index in [1.165, 1.54) is 24.3 Å². The third-order valence-corrected chi connectivity index (χ3v) is 4.82. The van der Waals surface area contributed by atoms with Gasteiger partial charge in [0.2, 0.25) is 0 Å². The second-order valence-corrected chi connectivity index (χ2v) is 6.94. The standard InChI is InChI=1S/C14H8O5S.C5H6N2/c15-13-8-4-1-2-5-9(8)14(16)12-10(13)6-3-7-11(12)20(17,18)19;1-2-7-4-3-6-5-7/h1-7H,(H,17,18,19);2-5H,1H2. The van der Waals surface area contributed by atoms with Crippen LogP contribution in [0.2, 0.25) is 0 Å². The van der Waals surface area contributed by atoms with Crippen molar-refractivity contribution in [1.82, 2.24) is 9.55 Å². The Morgan fingerprint density at radius 3 is 2.11 bits per heavy atom. The Morgan fingerprint density at radius 1 is 0.963 bits per heavy atom. The zero-order valence-corrected chi connectivity index (χ0v) is 14.8. The van der Waals surface area contributed by atoms with E-state index in [1.807, 2.05) is 6.20 Å². The lowest BCUT2D eigenvalue weighted by Gasteiger charge is -2.18. The van der Waals surface area contributed by atoms with Crippen LogP contribution >= 0.6 is 0 Å². The van der Waals surface area contributed by atoms with Crippen molar-refractivity contribution < 1.29 is 22.6 Å². The molecule has 0 radical (unpaired) electrons. The normalized spacial score (nSPS) is 12.5. The van der Waals surface area contributed by atoms with Crippen molar-refractivity contribution >= 4 is 27.9 Å². The number of nitrogens with zero attached hydrogens (tertiary/aromatic N) is 2. The average Bonchev–Trinajstić information content (AvgIpc) is 3.19. The zero-order chi connectivity index (χ0) is 19.6. The van der Waals surface area contributed by atoms with Gasteiger partial charge in [-0.2, -0.15) is 8.42 Å². The Morgan fingerprint density at radius 2 is 1.59 bits per heavy atom. The first-order valence-corrected chi connectivity index (χ1v) is 9.17. The quantitative estimate of drug-likeness (QED) is 0.534. The van der Waals surface area contributed by atoms with E-state index in [1.54, 1.807) is 35.4 Å². The number of hydrogen-bond donors (Lipinski definition) is 1. The highest BCUT2D eigenvalue weighted by Crippen LogP contribution is 2.31. The minimum atomic E-state index is -4.58. The molecule has 7 nitrogen and oxygen atoms in total. The maximum atomic E-state index is 12.4. The number of carbonyl (C=O) groups excluding carboxylic acids is 2. The molecule has 1 aromatic heterocycles. The number of imidazole rings is 1. The highest BCUT2D eigenvalue weighted by molar-refractivity contribution is 7.86. The van der Waals surface area contributed by atoms with Gasteiger partial charge in [0.25, 0.3) is 10.1 Å². The summed E-state index contributed by atoms with van der Waals surface area (Å²) in [5, 5.41) is 0. The molecule has 1 heterocycles. The number of hydrogen-bond acceptors (Lipinski definition) is 5. The highest BCUT2D eigenvalue weighted by atomic mass is 32.2. The topological polar surface area (TPSA) is 106 Å². The van der Waals surface area contributed by atoms with Gasteiger partial charge in [-0.1, -0.05) is 43.0 Å². The summed E-state index contributed by atoms with van der Waals surface area (Å²) >= 11 is 0.